The number of hydrogen-bond donors (Lipinski definition) is 2. The van der Waals surface area contributed by atoms with Crippen LogP contribution in [0, 0.1) is 6.92 Å². The monoisotopic (exact) mass is 288 g/mol. The van der Waals surface area contributed by atoms with Crippen LogP contribution in [0.15, 0.2) is 41.0 Å². The maximum atomic E-state index is 11.9. The van der Waals surface area contributed by atoms with Gasteiger partial charge in [0, 0.05) is 11.6 Å². The van der Waals surface area contributed by atoms with Crippen molar-refractivity contribution < 1.29 is 13.9 Å². The quantitative estimate of drug-likeness (QED) is 0.877. The van der Waals surface area contributed by atoms with Gasteiger partial charge in [0.25, 0.3) is 0 Å². The van der Waals surface area contributed by atoms with Crippen LogP contribution in [-0.4, -0.2) is 12.6 Å². The molecule has 1 aromatic heterocycles. The highest BCUT2D eigenvalue weighted by Crippen LogP contribution is 2.26. The predicted octanol–water partition coefficient (Wildman–Crippen LogP) is 3.87. The summed E-state index contributed by atoms with van der Waals surface area (Å²) in [5.41, 5.74) is 2.07. The van der Waals surface area contributed by atoms with E-state index in [1.807, 2.05) is 39.0 Å². The highest BCUT2D eigenvalue weighted by Gasteiger charge is 2.15. The van der Waals surface area contributed by atoms with Crippen LogP contribution in [0.3, 0.4) is 0 Å². The van der Waals surface area contributed by atoms with Gasteiger partial charge in [-0.3, -0.25) is 5.32 Å². The highest BCUT2D eigenvalue weighted by atomic mass is 16.5. The van der Waals surface area contributed by atoms with Crippen molar-refractivity contribution in [2.75, 3.05) is 11.9 Å². The van der Waals surface area contributed by atoms with E-state index in [0.717, 1.165) is 16.9 Å². The third-order valence-electron chi connectivity index (χ3n) is 3.04. The van der Waals surface area contributed by atoms with Gasteiger partial charge in [0.1, 0.15) is 5.75 Å². The summed E-state index contributed by atoms with van der Waals surface area (Å²) < 4.78 is 10.7. The summed E-state index contributed by atoms with van der Waals surface area (Å²) in [5.74, 6) is 1.20. The topological polar surface area (TPSA) is 63.5 Å². The highest BCUT2D eigenvalue weighted by molar-refractivity contribution is 5.88. The summed E-state index contributed by atoms with van der Waals surface area (Å²) >= 11 is 0. The maximum absolute atomic E-state index is 11.9. The molecule has 0 radical (unpaired) electrons. The molecule has 1 atom stereocenters. The standard InChI is InChI=1S/C16H20N2O3/c1-4-20-14-8-7-11(2)10-13(14)12(3)17-16(19)18-15-6-5-9-21-15/h5-10,12H,4H2,1-3H3,(H2,17,18,19). The summed E-state index contributed by atoms with van der Waals surface area (Å²) in [7, 11) is 0. The third-order valence-corrected chi connectivity index (χ3v) is 3.04. The van der Waals surface area contributed by atoms with Crippen LogP contribution in [-0.2, 0) is 0 Å². The number of urea groups is 1. The molecule has 5 nitrogen and oxygen atoms in total. The Morgan fingerprint density at radius 3 is 2.86 bits per heavy atom. The van der Waals surface area contributed by atoms with Crippen molar-refractivity contribution in [3.05, 3.63) is 47.7 Å². The number of anilines is 1. The lowest BCUT2D eigenvalue weighted by Gasteiger charge is -2.18. The fourth-order valence-electron chi connectivity index (χ4n) is 2.07. The Morgan fingerprint density at radius 2 is 2.19 bits per heavy atom. The SMILES string of the molecule is CCOc1ccc(C)cc1C(C)NC(=O)Nc1ccco1. The predicted molar refractivity (Wildman–Crippen MR) is 81.6 cm³/mol. The zero-order valence-corrected chi connectivity index (χ0v) is 12.5. The van der Waals surface area contributed by atoms with Crippen LogP contribution in [0.25, 0.3) is 0 Å². The fourth-order valence-corrected chi connectivity index (χ4v) is 2.07. The molecule has 2 rings (SSSR count). The molecule has 0 spiro atoms. The lowest BCUT2D eigenvalue weighted by molar-refractivity contribution is 0.248. The first-order valence-corrected chi connectivity index (χ1v) is 6.94. The van der Waals surface area contributed by atoms with E-state index in [9.17, 15) is 4.79 Å². The van der Waals surface area contributed by atoms with Crippen LogP contribution in [0.1, 0.15) is 31.0 Å². The van der Waals surface area contributed by atoms with Crippen molar-refractivity contribution in [3.8, 4) is 5.75 Å². The van der Waals surface area contributed by atoms with Crippen LogP contribution in [0.5, 0.6) is 5.75 Å². The Bertz CT molecular complexity index is 594. The molecule has 0 aliphatic carbocycles. The molecule has 0 fully saturated rings. The summed E-state index contributed by atoms with van der Waals surface area (Å²) in [6, 6.07) is 8.84. The van der Waals surface area contributed by atoms with Gasteiger partial charge >= 0.3 is 6.03 Å². The molecule has 1 unspecified atom stereocenters. The number of carbonyl (C=O) groups excluding carboxylic acids is 1. The van der Waals surface area contributed by atoms with Gasteiger partial charge < -0.3 is 14.5 Å². The van der Waals surface area contributed by atoms with Crippen LogP contribution in [0.4, 0.5) is 10.7 Å². The summed E-state index contributed by atoms with van der Waals surface area (Å²) in [4.78, 5) is 11.9. The summed E-state index contributed by atoms with van der Waals surface area (Å²) in [5, 5.41) is 5.50. The lowest BCUT2D eigenvalue weighted by Crippen LogP contribution is -2.31. The Hall–Kier alpha value is -2.43. The van der Waals surface area contributed by atoms with Crippen LogP contribution >= 0.6 is 0 Å². The van der Waals surface area contributed by atoms with E-state index in [2.05, 4.69) is 10.6 Å². The molecule has 0 bridgehead atoms. The molecular weight excluding hydrogens is 268 g/mol. The van der Waals surface area contributed by atoms with E-state index in [0.29, 0.717) is 12.5 Å². The van der Waals surface area contributed by atoms with Crippen LogP contribution in [0.2, 0.25) is 0 Å². The molecule has 0 aliphatic rings. The van der Waals surface area contributed by atoms with E-state index in [1.165, 1.54) is 6.26 Å². The molecule has 1 heterocycles. The lowest BCUT2D eigenvalue weighted by atomic mass is 10.0. The average molecular weight is 288 g/mol. The maximum Gasteiger partial charge on any atom is 0.322 e. The molecule has 112 valence electrons. The van der Waals surface area contributed by atoms with Gasteiger partial charge in [-0.1, -0.05) is 17.7 Å². The van der Waals surface area contributed by atoms with Crippen molar-refractivity contribution in [3.63, 3.8) is 0 Å². The molecule has 0 aliphatic heterocycles. The van der Waals surface area contributed by atoms with Crippen molar-refractivity contribution in [1.29, 1.82) is 0 Å². The molecule has 0 saturated carbocycles. The largest absolute Gasteiger partial charge is 0.494 e. The zero-order valence-electron chi connectivity index (χ0n) is 12.5. The second-order valence-electron chi connectivity index (χ2n) is 4.77. The first-order valence-electron chi connectivity index (χ1n) is 6.94. The fraction of sp³-hybridized carbons (Fsp3) is 0.312. The Kier molecular flexibility index (Phi) is 4.87. The molecule has 2 N–H and O–H groups in total. The summed E-state index contributed by atoms with van der Waals surface area (Å²) in [6.45, 7) is 6.45. The van der Waals surface area contributed by atoms with Crippen LogP contribution < -0.4 is 15.4 Å². The number of furan rings is 1. The zero-order chi connectivity index (χ0) is 15.2. The minimum atomic E-state index is -0.318. The smallest absolute Gasteiger partial charge is 0.322 e. The first-order chi connectivity index (χ1) is 10.1. The molecule has 1 aromatic carbocycles. The Labute approximate surface area is 124 Å². The number of ether oxygens (including phenoxy) is 1. The van der Waals surface area contributed by atoms with E-state index in [-0.39, 0.29) is 12.1 Å². The van der Waals surface area contributed by atoms with Crippen molar-refractivity contribution in [2.45, 2.75) is 26.8 Å². The van der Waals surface area contributed by atoms with Gasteiger partial charge in [-0.25, -0.2) is 4.79 Å². The molecule has 21 heavy (non-hydrogen) atoms. The summed E-state index contributed by atoms with van der Waals surface area (Å²) in [6.07, 6.45) is 1.51. The van der Waals surface area contributed by atoms with Crippen molar-refractivity contribution in [2.24, 2.45) is 0 Å². The van der Waals surface area contributed by atoms with E-state index in [4.69, 9.17) is 9.15 Å². The number of aryl methyl sites for hydroxylation is 1. The van der Waals surface area contributed by atoms with Gasteiger partial charge in [-0.05, 0) is 32.9 Å². The first kappa shape index (κ1) is 15.0. The number of nitrogens with one attached hydrogen (secondary N) is 2. The molecule has 2 amide bonds. The third kappa shape index (κ3) is 4.02. The van der Waals surface area contributed by atoms with E-state index >= 15 is 0 Å². The molecule has 5 heteroatoms. The molecule has 0 saturated heterocycles. The van der Waals surface area contributed by atoms with Gasteiger partial charge in [-0.2, -0.15) is 0 Å². The van der Waals surface area contributed by atoms with Gasteiger partial charge in [0.2, 0.25) is 5.88 Å². The van der Waals surface area contributed by atoms with Gasteiger partial charge in [0.05, 0.1) is 18.9 Å². The number of benzene rings is 1. The molecular formula is C16H20N2O3. The Balaban J connectivity index is 2.06. The molecule has 2 aromatic rings. The normalized spacial score (nSPS) is 11.8. The number of hydrogen-bond acceptors (Lipinski definition) is 3. The second kappa shape index (κ2) is 6.83. The van der Waals surface area contributed by atoms with Gasteiger partial charge in [0.15, 0.2) is 0 Å². The minimum absolute atomic E-state index is 0.179. The van der Waals surface area contributed by atoms with Crippen molar-refractivity contribution >= 4 is 11.9 Å². The van der Waals surface area contributed by atoms with E-state index < -0.39 is 0 Å². The van der Waals surface area contributed by atoms with Crippen molar-refractivity contribution in [1.82, 2.24) is 5.32 Å². The minimum Gasteiger partial charge on any atom is -0.494 e. The second-order valence-corrected chi connectivity index (χ2v) is 4.77. The number of amides is 2. The van der Waals surface area contributed by atoms with Gasteiger partial charge in [-0.15, -0.1) is 0 Å². The average Bonchev–Trinajstić information content (AvgIpc) is 2.93. The Morgan fingerprint density at radius 1 is 1.38 bits per heavy atom. The number of rotatable bonds is 5. The van der Waals surface area contributed by atoms with E-state index in [1.54, 1.807) is 12.1 Å². The number of carbonyl (C=O) groups is 1.